The van der Waals surface area contributed by atoms with Gasteiger partial charge in [0.25, 0.3) is 5.91 Å². The minimum Gasteiger partial charge on any atom is -0.481 e. The van der Waals surface area contributed by atoms with Gasteiger partial charge < -0.3 is 15.0 Å². The number of halogens is 3. The van der Waals surface area contributed by atoms with Crippen LogP contribution in [0.5, 0.6) is 5.88 Å². The molecule has 0 unspecified atom stereocenters. The van der Waals surface area contributed by atoms with Gasteiger partial charge in [-0.25, -0.2) is 4.98 Å². The van der Waals surface area contributed by atoms with Crippen LogP contribution < -0.4 is 15.0 Å². The molecular weight excluding hydrogens is 347 g/mol. The molecule has 0 bridgehead atoms. The number of carbonyl (C=O) groups is 1. The SMILES string of the molecule is COc1ccc(C(=O)Nc2cc(C(F)(F)F)ccc2N2CCCC2)cn1. The molecule has 1 aromatic heterocycles. The molecule has 26 heavy (non-hydrogen) atoms. The molecule has 0 spiro atoms. The molecule has 1 aliphatic heterocycles. The molecule has 0 radical (unpaired) electrons. The number of nitrogens with one attached hydrogen (secondary N) is 1. The summed E-state index contributed by atoms with van der Waals surface area (Å²) in [6.45, 7) is 1.50. The van der Waals surface area contributed by atoms with Crippen LogP contribution in [0.1, 0.15) is 28.8 Å². The Bertz CT molecular complexity index is 785. The lowest BCUT2D eigenvalue weighted by molar-refractivity contribution is -0.137. The van der Waals surface area contributed by atoms with E-state index >= 15 is 0 Å². The van der Waals surface area contributed by atoms with Crippen LogP contribution in [0.3, 0.4) is 0 Å². The molecule has 1 N–H and O–H groups in total. The van der Waals surface area contributed by atoms with E-state index in [1.165, 1.54) is 31.5 Å². The van der Waals surface area contributed by atoms with Crippen LogP contribution in [0.4, 0.5) is 24.5 Å². The summed E-state index contributed by atoms with van der Waals surface area (Å²) in [6.07, 6.45) is -1.23. The molecule has 0 saturated carbocycles. The number of hydrogen-bond acceptors (Lipinski definition) is 4. The molecule has 3 rings (SSSR count). The average Bonchev–Trinajstić information content (AvgIpc) is 3.15. The van der Waals surface area contributed by atoms with Crippen molar-refractivity contribution in [2.45, 2.75) is 19.0 Å². The summed E-state index contributed by atoms with van der Waals surface area (Å²) in [5.74, 6) is -0.182. The van der Waals surface area contributed by atoms with Gasteiger partial charge in [-0.1, -0.05) is 0 Å². The van der Waals surface area contributed by atoms with E-state index in [2.05, 4.69) is 10.3 Å². The lowest BCUT2D eigenvalue weighted by atomic mass is 10.1. The number of ether oxygens (including phenoxy) is 1. The van der Waals surface area contributed by atoms with E-state index in [4.69, 9.17) is 4.74 Å². The zero-order valence-corrected chi connectivity index (χ0v) is 14.1. The van der Waals surface area contributed by atoms with Crippen LogP contribution in [-0.4, -0.2) is 31.1 Å². The maximum Gasteiger partial charge on any atom is 0.416 e. The molecule has 1 saturated heterocycles. The Morgan fingerprint density at radius 1 is 1.19 bits per heavy atom. The number of methoxy groups -OCH3 is 1. The molecule has 138 valence electrons. The van der Waals surface area contributed by atoms with Crippen molar-refractivity contribution in [3.8, 4) is 5.88 Å². The predicted molar refractivity (Wildman–Crippen MR) is 91.6 cm³/mol. The van der Waals surface area contributed by atoms with Crippen LogP contribution in [-0.2, 0) is 6.18 Å². The van der Waals surface area contributed by atoms with E-state index in [0.717, 1.165) is 38.1 Å². The number of anilines is 2. The second-order valence-electron chi connectivity index (χ2n) is 5.97. The zero-order valence-electron chi connectivity index (χ0n) is 14.1. The van der Waals surface area contributed by atoms with E-state index in [-0.39, 0.29) is 11.3 Å². The van der Waals surface area contributed by atoms with Gasteiger partial charge in [0.05, 0.1) is 29.6 Å². The number of pyridine rings is 1. The second-order valence-corrected chi connectivity index (χ2v) is 5.97. The third kappa shape index (κ3) is 3.89. The summed E-state index contributed by atoms with van der Waals surface area (Å²) in [7, 11) is 1.45. The van der Waals surface area contributed by atoms with E-state index in [1.54, 1.807) is 0 Å². The van der Waals surface area contributed by atoms with Crippen LogP contribution in [0.2, 0.25) is 0 Å². The van der Waals surface area contributed by atoms with Crippen molar-refractivity contribution in [1.82, 2.24) is 4.98 Å². The van der Waals surface area contributed by atoms with Crippen LogP contribution in [0.25, 0.3) is 0 Å². The molecule has 0 atom stereocenters. The zero-order chi connectivity index (χ0) is 18.7. The minimum absolute atomic E-state index is 0.141. The molecule has 5 nitrogen and oxygen atoms in total. The molecule has 2 heterocycles. The van der Waals surface area contributed by atoms with E-state index in [0.29, 0.717) is 11.6 Å². The normalized spacial score (nSPS) is 14.4. The van der Waals surface area contributed by atoms with E-state index in [9.17, 15) is 18.0 Å². The first-order chi connectivity index (χ1) is 12.4. The van der Waals surface area contributed by atoms with Crippen molar-refractivity contribution in [1.29, 1.82) is 0 Å². The molecule has 8 heteroatoms. The molecule has 1 fully saturated rings. The number of benzene rings is 1. The van der Waals surface area contributed by atoms with Crippen molar-refractivity contribution in [3.05, 3.63) is 47.7 Å². The molecule has 0 aliphatic carbocycles. The number of carbonyl (C=O) groups excluding carboxylic acids is 1. The second kappa shape index (κ2) is 7.23. The molecule has 1 amide bonds. The number of hydrogen-bond donors (Lipinski definition) is 1. The van der Waals surface area contributed by atoms with Crippen molar-refractivity contribution in [3.63, 3.8) is 0 Å². The topological polar surface area (TPSA) is 54.5 Å². The Hall–Kier alpha value is -2.77. The van der Waals surface area contributed by atoms with Crippen molar-refractivity contribution in [2.75, 3.05) is 30.4 Å². The first kappa shape index (κ1) is 18.0. The lowest BCUT2D eigenvalue weighted by Gasteiger charge is -2.23. The standard InChI is InChI=1S/C18H18F3N3O2/c1-26-16-7-4-12(11-22-16)17(25)23-14-10-13(18(19,20)21)5-6-15(14)24-8-2-3-9-24/h4-7,10-11H,2-3,8-9H2,1H3,(H,23,25). The smallest absolute Gasteiger partial charge is 0.416 e. The molecule has 1 aromatic carbocycles. The van der Waals surface area contributed by atoms with Gasteiger partial charge in [0.1, 0.15) is 0 Å². The van der Waals surface area contributed by atoms with Gasteiger partial charge >= 0.3 is 6.18 Å². The third-order valence-electron chi connectivity index (χ3n) is 4.23. The highest BCUT2D eigenvalue weighted by Gasteiger charge is 2.32. The monoisotopic (exact) mass is 365 g/mol. The highest BCUT2D eigenvalue weighted by molar-refractivity contribution is 6.05. The van der Waals surface area contributed by atoms with E-state index in [1.807, 2.05) is 4.90 Å². The summed E-state index contributed by atoms with van der Waals surface area (Å²) < 4.78 is 44.1. The molecular formula is C18H18F3N3O2. The molecule has 1 aliphatic rings. The highest BCUT2D eigenvalue weighted by atomic mass is 19.4. The number of aromatic nitrogens is 1. The van der Waals surface area contributed by atoms with Gasteiger partial charge in [0.15, 0.2) is 0 Å². The average molecular weight is 365 g/mol. The minimum atomic E-state index is -4.48. The van der Waals surface area contributed by atoms with Gasteiger partial charge in [-0.2, -0.15) is 13.2 Å². The van der Waals surface area contributed by atoms with Gasteiger partial charge in [0.2, 0.25) is 5.88 Å². The largest absolute Gasteiger partial charge is 0.481 e. The summed E-state index contributed by atoms with van der Waals surface area (Å²) in [4.78, 5) is 18.4. The fourth-order valence-electron chi connectivity index (χ4n) is 2.88. The van der Waals surface area contributed by atoms with Crippen LogP contribution in [0, 0.1) is 0 Å². The lowest BCUT2D eigenvalue weighted by Crippen LogP contribution is -2.22. The maximum atomic E-state index is 13.1. The Balaban J connectivity index is 1.91. The first-order valence-electron chi connectivity index (χ1n) is 8.16. The van der Waals surface area contributed by atoms with Gasteiger partial charge in [-0.3, -0.25) is 4.79 Å². The quantitative estimate of drug-likeness (QED) is 0.891. The number of alkyl halides is 3. The summed E-state index contributed by atoms with van der Waals surface area (Å²) in [5.41, 5.74) is 0.159. The summed E-state index contributed by atoms with van der Waals surface area (Å²) in [6, 6.07) is 6.45. The Labute approximate surface area is 148 Å². The Kier molecular flexibility index (Phi) is 5.01. The fraction of sp³-hybridized carbons (Fsp3) is 0.333. The highest BCUT2D eigenvalue weighted by Crippen LogP contribution is 2.36. The van der Waals surface area contributed by atoms with Gasteiger partial charge in [0, 0.05) is 25.4 Å². The van der Waals surface area contributed by atoms with Gasteiger partial charge in [-0.05, 0) is 37.1 Å². The molecule has 2 aromatic rings. The number of nitrogens with zero attached hydrogens (tertiary/aromatic N) is 2. The number of rotatable bonds is 4. The van der Waals surface area contributed by atoms with Crippen molar-refractivity contribution < 1.29 is 22.7 Å². The van der Waals surface area contributed by atoms with Crippen molar-refractivity contribution >= 4 is 17.3 Å². The van der Waals surface area contributed by atoms with Crippen molar-refractivity contribution in [2.24, 2.45) is 0 Å². The number of amides is 1. The van der Waals surface area contributed by atoms with Crippen LogP contribution in [0.15, 0.2) is 36.5 Å². The Morgan fingerprint density at radius 3 is 2.50 bits per heavy atom. The third-order valence-corrected chi connectivity index (χ3v) is 4.23. The van der Waals surface area contributed by atoms with E-state index < -0.39 is 17.6 Å². The van der Waals surface area contributed by atoms with Crippen LogP contribution >= 0.6 is 0 Å². The summed E-state index contributed by atoms with van der Waals surface area (Å²) in [5, 5.41) is 2.59. The Morgan fingerprint density at radius 2 is 1.92 bits per heavy atom. The maximum absolute atomic E-state index is 13.1. The summed E-state index contributed by atoms with van der Waals surface area (Å²) >= 11 is 0. The predicted octanol–water partition coefficient (Wildman–Crippen LogP) is 3.96. The van der Waals surface area contributed by atoms with Gasteiger partial charge in [-0.15, -0.1) is 0 Å². The fourth-order valence-corrected chi connectivity index (χ4v) is 2.88. The first-order valence-corrected chi connectivity index (χ1v) is 8.16.